The molecule has 1 aromatic carbocycles. The van der Waals surface area contributed by atoms with E-state index in [9.17, 15) is 13.2 Å². The largest absolute Gasteiger partial charge is 0.309 e. The number of nitrogens with two attached hydrogens (primary N) is 1. The van der Waals surface area contributed by atoms with Crippen molar-refractivity contribution in [2.75, 3.05) is 5.32 Å². The zero-order valence-corrected chi connectivity index (χ0v) is 15.8. The first-order valence-electron chi connectivity index (χ1n) is 9.35. The van der Waals surface area contributed by atoms with Crippen LogP contribution in [0.25, 0.3) is 0 Å². The van der Waals surface area contributed by atoms with Crippen LogP contribution in [-0.4, -0.2) is 24.5 Å². The van der Waals surface area contributed by atoms with Crippen LogP contribution in [0, 0.1) is 11.8 Å². The van der Waals surface area contributed by atoms with Crippen LogP contribution in [-0.2, 0) is 21.2 Å². The first-order chi connectivity index (χ1) is 12.9. The Morgan fingerprint density at radius 2 is 2.00 bits per heavy atom. The molecule has 27 heavy (non-hydrogen) atoms. The van der Waals surface area contributed by atoms with E-state index >= 15 is 0 Å². The molecule has 2 fully saturated rings. The van der Waals surface area contributed by atoms with Crippen LogP contribution in [0.3, 0.4) is 0 Å². The van der Waals surface area contributed by atoms with Gasteiger partial charge in [-0.3, -0.25) is 9.89 Å². The van der Waals surface area contributed by atoms with Gasteiger partial charge in [0.25, 0.3) is 0 Å². The number of hydrogen-bond donors (Lipinski definition) is 3. The third-order valence-electron chi connectivity index (χ3n) is 5.90. The quantitative estimate of drug-likeness (QED) is 0.704. The molecule has 2 aliphatic rings. The molecule has 1 aromatic heterocycles. The van der Waals surface area contributed by atoms with Gasteiger partial charge in [-0.2, -0.15) is 5.10 Å². The van der Waals surface area contributed by atoms with Crippen LogP contribution in [0.4, 0.5) is 5.82 Å². The molecule has 0 radical (unpaired) electrons. The minimum absolute atomic E-state index is 0.0698. The number of aromatic nitrogens is 2. The number of sulfonamides is 1. The molecule has 2 aromatic rings. The number of aromatic amines is 1. The number of nitrogens with one attached hydrogen (secondary N) is 2. The highest BCUT2D eigenvalue weighted by Crippen LogP contribution is 2.52. The Hall–Kier alpha value is -2.19. The van der Waals surface area contributed by atoms with Crippen LogP contribution in [0.5, 0.6) is 0 Å². The number of aryl methyl sites for hydroxylation is 1. The highest BCUT2D eigenvalue weighted by molar-refractivity contribution is 7.89. The fourth-order valence-electron chi connectivity index (χ4n) is 4.53. The molecule has 0 saturated heterocycles. The maximum Gasteiger partial charge on any atom is 0.238 e. The second-order valence-electron chi connectivity index (χ2n) is 7.73. The number of primary sulfonamides is 1. The van der Waals surface area contributed by atoms with E-state index < -0.39 is 10.0 Å². The average Bonchev–Trinajstić information content (AvgIpc) is 3.36. The zero-order chi connectivity index (χ0) is 19.0. The predicted molar refractivity (Wildman–Crippen MR) is 102 cm³/mol. The van der Waals surface area contributed by atoms with Crippen molar-refractivity contribution in [3.8, 4) is 0 Å². The van der Waals surface area contributed by atoms with Gasteiger partial charge in [-0.05, 0) is 55.2 Å². The first-order valence-corrected chi connectivity index (χ1v) is 10.9. The second-order valence-corrected chi connectivity index (χ2v) is 9.29. The lowest BCUT2D eigenvalue weighted by molar-refractivity contribution is -0.116. The standard InChI is InChI=1S/C19H24N4O3S/c20-27(25,26)15-6-2-12(3-7-15)4-8-19(24)21-18-11-17(22-23-18)16-10-13-1-5-14(16)9-13/h2-3,6-7,11,13-14,16H,1,4-5,8-10H2,(H2,20,25,26)(H2,21,22,23,24). The number of hydrogen-bond acceptors (Lipinski definition) is 4. The molecule has 4 N–H and O–H groups in total. The summed E-state index contributed by atoms with van der Waals surface area (Å²) in [5, 5.41) is 15.3. The monoisotopic (exact) mass is 388 g/mol. The minimum atomic E-state index is -3.69. The summed E-state index contributed by atoms with van der Waals surface area (Å²) in [4.78, 5) is 12.3. The molecule has 3 unspecified atom stereocenters. The molecule has 8 heteroatoms. The van der Waals surface area contributed by atoms with Gasteiger partial charge in [-0.15, -0.1) is 0 Å². The smallest absolute Gasteiger partial charge is 0.238 e. The van der Waals surface area contributed by atoms with Crippen LogP contribution in [0.2, 0.25) is 0 Å². The summed E-state index contributed by atoms with van der Waals surface area (Å²) in [6.07, 6.45) is 6.03. The molecule has 0 spiro atoms. The van der Waals surface area contributed by atoms with E-state index in [4.69, 9.17) is 5.14 Å². The molecule has 2 saturated carbocycles. The summed E-state index contributed by atoms with van der Waals surface area (Å²) >= 11 is 0. The van der Waals surface area contributed by atoms with Gasteiger partial charge >= 0.3 is 0 Å². The molecule has 1 heterocycles. The van der Waals surface area contributed by atoms with Crippen LogP contribution in [0.15, 0.2) is 35.2 Å². The van der Waals surface area contributed by atoms with Gasteiger partial charge in [-0.25, -0.2) is 13.6 Å². The van der Waals surface area contributed by atoms with Crippen LogP contribution >= 0.6 is 0 Å². The Morgan fingerprint density at radius 3 is 2.63 bits per heavy atom. The average molecular weight is 388 g/mol. The number of H-pyrrole nitrogens is 1. The van der Waals surface area contributed by atoms with Gasteiger partial charge in [0.2, 0.25) is 15.9 Å². The first kappa shape index (κ1) is 18.2. The topological polar surface area (TPSA) is 118 Å². The fraction of sp³-hybridized carbons (Fsp3) is 0.474. The number of rotatable bonds is 6. The Labute approximate surface area is 158 Å². The van der Waals surface area contributed by atoms with Crippen molar-refractivity contribution in [2.24, 2.45) is 17.0 Å². The fourth-order valence-corrected chi connectivity index (χ4v) is 5.04. The Morgan fingerprint density at radius 1 is 1.22 bits per heavy atom. The molecule has 1 amide bonds. The number of carbonyl (C=O) groups is 1. The van der Waals surface area contributed by atoms with Gasteiger partial charge in [0.1, 0.15) is 0 Å². The molecule has 4 rings (SSSR count). The molecule has 0 aliphatic heterocycles. The van der Waals surface area contributed by atoms with Crippen molar-refractivity contribution in [1.29, 1.82) is 0 Å². The Kier molecular flexibility index (Phi) is 4.77. The second kappa shape index (κ2) is 7.09. The van der Waals surface area contributed by atoms with E-state index in [1.54, 1.807) is 12.1 Å². The number of amides is 1. The van der Waals surface area contributed by atoms with Crippen molar-refractivity contribution >= 4 is 21.7 Å². The van der Waals surface area contributed by atoms with E-state index in [-0.39, 0.29) is 10.8 Å². The Balaban J connectivity index is 1.30. The van der Waals surface area contributed by atoms with Crippen LogP contribution in [0.1, 0.15) is 49.3 Å². The number of benzene rings is 1. The number of nitrogens with zero attached hydrogens (tertiary/aromatic N) is 1. The lowest BCUT2D eigenvalue weighted by atomic mass is 9.86. The van der Waals surface area contributed by atoms with Gasteiger partial charge in [0.05, 0.1) is 4.90 Å². The summed E-state index contributed by atoms with van der Waals surface area (Å²) in [6.45, 7) is 0. The predicted octanol–water partition coefficient (Wildman–Crippen LogP) is 2.53. The summed E-state index contributed by atoms with van der Waals surface area (Å²) < 4.78 is 22.5. The maximum absolute atomic E-state index is 12.2. The highest BCUT2D eigenvalue weighted by Gasteiger charge is 2.40. The lowest BCUT2D eigenvalue weighted by Gasteiger charge is -2.19. The number of carbonyl (C=O) groups excluding carboxylic acids is 1. The Bertz CT molecular complexity index is 936. The zero-order valence-electron chi connectivity index (χ0n) is 15.0. The molecule has 144 valence electrons. The third kappa shape index (κ3) is 4.06. The summed E-state index contributed by atoms with van der Waals surface area (Å²) in [5.41, 5.74) is 2.01. The molecule has 7 nitrogen and oxygen atoms in total. The summed E-state index contributed by atoms with van der Waals surface area (Å²) in [6, 6.07) is 8.23. The molecule has 2 aliphatic carbocycles. The van der Waals surface area contributed by atoms with Gasteiger partial charge in [0.15, 0.2) is 5.82 Å². The van der Waals surface area contributed by atoms with E-state index in [0.29, 0.717) is 24.6 Å². The third-order valence-corrected chi connectivity index (χ3v) is 6.82. The molecule has 3 atom stereocenters. The van der Waals surface area contributed by atoms with Crippen molar-refractivity contribution in [3.63, 3.8) is 0 Å². The minimum Gasteiger partial charge on any atom is -0.309 e. The van der Waals surface area contributed by atoms with Crippen molar-refractivity contribution in [2.45, 2.75) is 49.3 Å². The molecular formula is C19H24N4O3S. The maximum atomic E-state index is 12.2. The lowest BCUT2D eigenvalue weighted by Crippen LogP contribution is -2.13. The molecular weight excluding hydrogens is 364 g/mol. The van der Waals surface area contributed by atoms with E-state index in [1.807, 2.05) is 6.07 Å². The van der Waals surface area contributed by atoms with Gasteiger partial charge in [0, 0.05) is 24.1 Å². The number of anilines is 1. The normalized spacial score (nSPS) is 24.3. The number of fused-ring (bicyclic) bond motifs is 2. The van der Waals surface area contributed by atoms with Gasteiger partial charge in [-0.1, -0.05) is 18.6 Å². The van der Waals surface area contributed by atoms with E-state index in [0.717, 1.165) is 23.1 Å². The highest BCUT2D eigenvalue weighted by atomic mass is 32.2. The summed E-state index contributed by atoms with van der Waals surface area (Å²) in [7, 11) is -3.69. The molecule has 2 bridgehead atoms. The van der Waals surface area contributed by atoms with E-state index in [2.05, 4.69) is 15.5 Å². The van der Waals surface area contributed by atoms with Crippen molar-refractivity contribution in [1.82, 2.24) is 10.2 Å². The van der Waals surface area contributed by atoms with E-state index in [1.165, 1.54) is 37.8 Å². The van der Waals surface area contributed by atoms with Crippen molar-refractivity contribution in [3.05, 3.63) is 41.6 Å². The van der Waals surface area contributed by atoms with Gasteiger partial charge < -0.3 is 5.32 Å². The van der Waals surface area contributed by atoms with Crippen molar-refractivity contribution < 1.29 is 13.2 Å². The van der Waals surface area contributed by atoms with Crippen LogP contribution < -0.4 is 10.5 Å². The SMILES string of the molecule is NS(=O)(=O)c1ccc(CCC(=O)Nc2cc(C3CC4CCC3C4)[nH]n2)cc1. The summed E-state index contributed by atoms with van der Waals surface area (Å²) in [5.74, 6) is 2.64.